The molecule has 5 rings (SSSR count). The normalized spacial score (nSPS) is 23.2. The van der Waals surface area contributed by atoms with Crippen molar-refractivity contribution in [2.24, 2.45) is 5.92 Å². The van der Waals surface area contributed by atoms with E-state index >= 15 is 0 Å². The fraction of sp³-hybridized carbons (Fsp3) is 0.417. The summed E-state index contributed by atoms with van der Waals surface area (Å²) in [5.41, 5.74) is 8.56. The van der Waals surface area contributed by atoms with Gasteiger partial charge in [-0.15, -0.1) is 0 Å². The Morgan fingerprint density at radius 1 is 1.30 bits per heavy atom. The van der Waals surface area contributed by atoms with Gasteiger partial charge in [-0.1, -0.05) is 23.2 Å². The Bertz CT molecular complexity index is 1200. The third-order valence-electron chi connectivity index (χ3n) is 7.11. The van der Waals surface area contributed by atoms with E-state index in [0.717, 1.165) is 17.7 Å². The molecule has 9 heteroatoms. The van der Waals surface area contributed by atoms with Crippen molar-refractivity contribution in [1.82, 2.24) is 19.7 Å². The molecule has 1 spiro atoms. The van der Waals surface area contributed by atoms with Gasteiger partial charge in [0, 0.05) is 46.2 Å². The van der Waals surface area contributed by atoms with Gasteiger partial charge >= 0.3 is 0 Å². The molecule has 2 N–H and O–H groups in total. The SMILES string of the molecule is CC(Oc1cc(-c2cnn(CC3CC34CCCN4C)c2)cnc1N)c1c(Cl)ccc(F)c1Cl. The summed E-state index contributed by atoms with van der Waals surface area (Å²) in [6, 6.07) is 4.49. The number of likely N-dealkylation sites (tertiary alicyclic amines) is 1. The molecule has 0 bridgehead atoms. The summed E-state index contributed by atoms with van der Waals surface area (Å²) in [6.07, 6.45) is 8.72. The first kappa shape index (κ1) is 22.4. The highest BCUT2D eigenvalue weighted by Gasteiger charge is 2.58. The molecule has 33 heavy (non-hydrogen) atoms. The number of aromatic nitrogens is 3. The number of anilines is 1. The number of benzene rings is 1. The van der Waals surface area contributed by atoms with E-state index in [1.165, 1.54) is 37.9 Å². The minimum atomic E-state index is -0.628. The standard InChI is InChI=1S/C24H26Cl2FN5O/c1-14(21-18(25)4-5-19(27)22(21)26)33-20-8-15(10-29-23(20)28)16-11-30-32(12-16)13-17-9-24(17)6-3-7-31(24)2/h4-5,8,10-12,14,17H,3,6-7,9,13H2,1-2H3,(H2,28,29). The van der Waals surface area contributed by atoms with Crippen molar-refractivity contribution < 1.29 is 9.13 Å². The van der Waals surface area contributed by atoms with Crippen LogP contribution in [0, 0.1) is 11.7 Å². The molecule has 6 nitrogen and oxygen atoms in total. The second-order valence-corrected chi connectivity index (χ2v) is 9.89. The van der Waals surface area contributed by atoms with Crippen LogP contribution in [0.5, 0.6) is 5.75 Å². The average molecular weight is 490 g/mol. The molecule has 3 atom stereocenters. The predicted molar refractivity (Wildman–Crippen MR) is 128 cm³/mol. The van der Waals surface area contributed by atoms with Gasteiger partial charge in [-0.05, 0) is 63.9 Å². The highest BCUT2D eigenvalue weighted by Crippen LogP contribution is 2.55. The van der Waals surface area contributed by atoms with E-state index in [1.807, 2.05) is 23.1 Å². The molecular formula is C24H26Cl2FN5O. The molecule has 0 radical (unpaired) electrons. The number of ether oxygens (including phenoxy) is 1. The molecule has 1 aliphatic heterocycles. The molecule has 1 saturated heterocycles. The first-order valence-corrected chi connectivity index (χ1v) is 11.8. The second-order valence-electron chi connectivity index (χ2n) is 9.11. The molecule has 2 aromatic heterocycles. The van der Waals surface area contributed by atoms with Crippen molar-refractivity contribution in [3.05, 3.63) is 58.2 Å². The lowest BCUT2D eigenvalue weighted by Gasteiger charge is -2.20. The summed E-state index contributed by atoms with van der Waals surface area (Å²) < 4.78 is 22.0. The van der Waals surface area contributed by atoms with Crippen LogP contribution >= 0.6 is 23.2 Å². The molecule has 2 aliphatic rings. The van der Waals surface area contributed by atoms with Crippen LogP contribution in [0.15, 0.2) is 36.8 Å². The first-order chi connectivity index (χ1) is 15.8. The van der Waals surface area contributed by atoms with Crippen molar-refractivity contribution in [3.8, 4) is 16.9 Å². The Morgan fingerprint density at radius 3 is 2.88 bits per heavy atom. The molecule has 0 amide bonds. The third kappa shape index (κ3) is 4.07. The van der Waals surface area contributed by atoms with Crippen molar-refractivity contribution in [2.75, 3.05) is 19.3 Å². The fourth-order valence-electron chi connectivity index (χ4n) is 5.12. The third-order valence-corrected chi connectivity index (χ3v) is 7.82. The van der Waals surface area contributed by atoms with E-state index in [0.29, 0.717) is 27.8 Å². The second kappa shape index (κ2) is 8.46. The van der Waals surface area contributed by atoms with Gasteiger partial charge in [0.1, 0.15) is 11.9 Å². The van der Waals surface area contributed by atoms with Gasteiger partial charge in [0.05, 0.1) is 11.2 Å². The molecule has 1 aromatic carbocycles. The lowest BCUT2D eigenvalue weighted by Crippen LogP contribution is -2.29. The van der Waals surface area contributed by atoms with Gasteiger partial charge < -0.3 is 15.4 Å². The molecule has 3 aromatic rings. The van der Waals surface area contributed by atoms with E-state index in [1.54, 1.807) is 13.1 Å². The summed E-state index contributed by atoms with van der Waals surface area (Å²) in [5.74, 6) is 0.687. The summed E-state index contributed by atoms with van der Waals surface area (Å²) in [5, 5.41) is 4.83. The monoisotopic (exact) mass is 489 g/mol. The van der Waals surface area contributed by atoms with Crippen molar-refractivity contribution >= 4 is 29.0 Å². The van der Waals surface area contributed by atoms with Crippen LogP contribution in [-0.4, -0.2) is 38.8 Å². The summed E-state index contributed by atoms with van der Waals surface area (Å²) in [7, 11) is 2.23. The topological polar surface area (TPSA) is 69.2 Å². The van der Waals surface area contributed by atoms with Gasteiger partial charge in [-0.2, -0.15) is 5.10 Å². The highest BCUT2D eigenvalue weighted by atomic mass is 35.5. The molecular weight excluding hydrogens is 464 g/mol. The van der Waals surface area contributed by atoms with Crippen LogP contribution in [0.2, 0.25) is 10.0 Å². The number of pyridine rings is 1. The van der Waals surface area contributed by atoms with Crippen LogP contribution in [-0.2, 0) is 6.54 Å². The molecule has 3 unspecified atom stereocenters. The molecule has 1 aliphatic carbocycles. The van der Waals surface area contributed by atoms with Crippen LogP contribution in [0.3, 0.4) is 0 Å². The smallest absolute Gasteiger partial charge is 0.166 e. The van der Waals surface area contributed by atoms with Crippen LogP contribution in [0.4, 0.5) is 10.2 Å². The zero-order valence-corrected chi connectivity index (χ0v) is 20.1. The van der Waals surface area contributed by atoms with E-state index in [4.69, 9.17) is 33.7 Å². The molecule has 2 fully saturated rings. The highest BCUT2D eigenvalue weighted by molar-refractivity contribution is 6.36. The Morgan fingerprint density at radius 2 is 2.12 bits per heavy atom. The molecule has 174 valence electrons. The quantitative estimate of drug-likeness (QED) is 0.456. The summed E-state index contributed by atoms with van der Waals surface area (Å²) in [6.45, 7) is 3.83. The van der Waals surface area contributed by atoms with Gasteiger partial charge in [0.15, 0.2) is 11.6 Å². The van der Waals surface area contributed by atoms with Crippen LogP contribution in [0.1, 0.15) is 37.9 Å². The Hall–Kier alpha value is -2.35. The van der Waals surface area contributed by atoms with E-state index in [9.17, 15) is 4.39 Å². The average Bonchev–Trinajstić information content (AvgIpc) is 3.07. The van der Waals surface area contributed by atoms with E-state index in [-0.39, 0.29) is 10.8 Å². The summed E-state index contributed by atoms with van der Waals surface area (Å²) in [4.78, 5) is 6.79. The number of halogens is 3. The minimum Gasteiger partial charge on any atom is -0.482 e. The molecule has 3 heterocycles. The van der Waals surface area contributed by atoms with Gasteiger partial charge in [-0.3, -0.25) is 4.68 Å². The number of nitrogens with zero attached hydrogens (tertiary/aromatic N) is 4. The van der Waals surface area contributed by atoms with Gasteiger partial charge in [0.2, 0.25) is 0 Å². The molecule has 1 saturated carbocycles. The maximum atomic E-state index is 13.9. The summed E-state index contributed by atoms with van der Waals surface area (Å²) >= 11 is 12.4. The maximum Gasteiger partial charge on any atom is 0.166 e. The lowest BCUT2D eigenvalue weighted by molar-refractivity contribution is 0.227. The van der Waals surface area contributed by atoms with Crippen molar-refractivity contribution in [2.45, 2.75) is 44.4 Å². The predicted octanol–water partition coefficient (Wildman–Crippen LogP) is 5.60. The zero-order valence-electron chi connectivity index (χ0n) is 18.6. The Kier molecular flexibility index (Phi) is 5.75. The van der Waals surface area contributed by atoms with E-state index < -0.39 is 11.9 Å². The Labute approximate surface area is 202 Å². The largest absolute Gasteiger partial charge is 0.482 e. The maximum absolute atomic E-state index is 13.9. The lowest BCUT2D eigenvalue weighted by atomic mass is 10.1. The Balaban J connectivity index is 1.33. The van der Waals surface area contributed by atoms with Crippen molar-refractivity contribution in [3.63, 3.8) is 0 Å². The van der Waals surface area contributed by atoms with Gasteiger partial charge in [0.25, 0.3) is 0 Å². The van der Waals surface area contributed by atoms with E-state index in [2.05, 4.69) is 22.0 Å². The first-order valence-electron chi connectivity index (χ1n) is 11.1. The number of nitrogen functional groups attached to an aromatic ring is 1. The fourth-order valence-corrected chi connectivity index (χ4v) is 5.80. The van der Waals surface area contributed by atoms with Crippen LogP contribution < -0.4 is 10.5 Å². The number of hydrogen-bond donors (Lipinski definition) is 1. The van der Waals surface area contributed by atoms with Gasteiger partial charge in [-0.25, -0.2) is 9.37 Å². The number of hydrogen-bond acceptors (Lipinski definition) is 5. The number of nitrogens with two attached hydrogens (primary N) is 1. The zero-order chi connectivity index (χ0) is 23.3. The number of rotatable bonds is 6. The van der Waals surface area contributed by atoms with Crippen LogP contribution in [0.25, 0.3) is 11.1 Å². The van der Waals surface area contributed by atoms with Crippen molar-refractivity contribution in [1.29, 1.82) is 0 Å². The minimum absolute atomic E-state index is 0.0651.